The summed E-state index contributed by atoms with van der Waals surface area (Å²) >= 11 is 0. The number of benzene rings is 8. The standard InChI is InChI=1S/C52H42N10O4/c53-51-39(25-62(52(65)54-51)46-22-44(64)45(30-63)66-46)8-3-21-59(26-40-28-60(57-55-40)23-37-15-13-35-11-9-31-4-1-6-33-17-19-42(37)49(35)47(31)33)27-41-29-61(58-56-41)24-38-16-14-36-12-10-32-5-2-7-34-18-20-43(38)50(36)48(32)34/h1-2,4-7,9-20,25,28-29,44-46,63-64H,21-24,26-27,30H2,(H2,53,54,65)/t44-,45+,46+/m0/s1. The lowest BCUT2D eigenvalue weighted by molar-refractivity contribution is -0.0458. The van der Waals surface area contributed by atoms with Crippen LogP contribution in [0.3, 0.4) is 0 Å². The van der Waals surface area contributed by atoms with Crippen molar-refractivity contribution in [2.45, 2.75) is 51.0 Å². The number of hydrogen-bond donors (Lipinski definition) is 3. The van der Waals surface area contributed by atoms with Crippen LogP contribution in [0.25, 0.3) is 64.6 Å². The smallest absolute Gasteiger partial charge is 0.351 e. The van der Waals surface area contributed by atoms with Crippen molar-refractivity contribution in [3.8, 4) is 11.8 Å². The van der Waals surface area contributed by atoms with E-state index >= 15 is 0 Å². The average Bonchev–Trinajstić information content (AvgIpc) is 4.08. The van der Waals surface area contributed by atoms with Crippen LogP contribution in [-0.2, 0) is 30.9 Å². The molecule has 1 fully saturated rings. The Morgan fingerprint density at radius 3 is 1.70 bits per heavy atom. The fourth-order valence-corrected chi connectivity index (χ4v) is 9.90. The minimum absolute atomic E-state index is 0.0167. The van der Waals surface area contributed by atoms with Gasteiger partial charge in [0.1, 0.15) is 18.1 Å². The number of nitrogens with two attached hydrogens (primary N) is 1. The SMILES string of the molecule is Nc1nc(=O)n([C@H]2C[C@H](O)[C@@H](CO)O2)cc1C#CCN(Cc1cn(Cc2ccc3ccc4cccc5ccc2c3c45)nn1)Cc1cn(Cc2ccc3ccc4cccc5ccc2c3c45)nn1. The summed E-state index contributed by atoms with van der Waals surface area (Å²) < 4.78 is 10.7. The predicted molar refractivity (Wildman–Crippen MR) is 254 cm³/mol. The molecule has 1 aliphatic heterocycles. The Hall–Kier alpha value is -7.80. The third-order valence-electron chi connectivity index (χ3n) is 13.0. The molecule has 0 amide bonds. The van der Waals surface area contributed by atoms with Gasteiger partial charge in [0.25, 0.3) is 0 Å². The van der Waals surface area contributed by atoms with Crippen LogP contribution in [0.15, 0.2) is 133 Å². The predicted octanol–water partition coefficient (Wildman–Crippen LogP) is 6.59. The molecule has 1 saturated heterocycles. The van der Waals surface area contributed by atoms with Gasteiger partial charge in [0.2, 0.25) is 0 Å². The third kappa shape index (κ3) is 7.02. The number of ether oxygens (including phenoxy) is 1. The van der Waals surface area contributed by atoms with Gasteiger partial charge in [-0.3, -0.25) is 9.47 Å². The maximum atomic E-state index is 12.9. The van der Waals surface area contributed by atoms with Gasteiger partial charge in [-0.15, -0.1) is 10.2 Å². The van der Waals surface area contributed by atoms with Gasteiger partial charge in [0, 0.05) is 25.7 Å². The highest BCUT2D eigenvalue weighted by molar-refractivity contribution is 6.24. The molecule has 12 rings (SSSR count). The van der Waals surface area contributed by atoms with Gasteiger partial charge < -0.3 is 20.7 Å². The number of rotatable bonds is 11. The van der Waals surface area contributed by atoms with Gasteiger partial charge >= 0.3 is 5.69 Å². The van der Waals surface area contributed by atoms with E-state index in [9.17, 15) is 15.0 Å². The molecule has 4 heterocycles. The van der Waals surface area contributed by atoms with E-state index in [4.69, 9.17) is 10.5 Å². The molecule has 11 aromatic rings. The van der Waals surface area contributed by atoms with Crippen LogP contribution in [-0.4, -0.2) is 80.0 Å². The number of anilines is 1. The lowest BCUT2D eigenvalue weighted by Crippen LogP contribution is -2.29. The van der Waals surface area contributed by atoms with E-state index in [2.05, 4.69) is 152 Å². The summed E-state index contributed by atoms with van der Waals surface area (Å²) in [5, 5.41) is 53.0. The Bertz CT molecular complexity index is 3530. The van der Waals surface area contributed by atoms with E-state index in [1.165, 1.54) is 75.4 Å². The number of aliphatic hydroxyl groups is 2. The normalized spacial score (nSPS) is 16.6. The zero-order chi connectivity index (χ0) is 44.5. The van der Waals surface area contributed by atoms with Crippen LogP contribution < -0.4 is 11.4 Å². The number of nitrogens with zero attached hydrogens (tertiary/aromatic N) is 9. The van der Waals surface area contributed by atoms with E-state index in [1.807, 2.05) is 21.8 Å². The van der Waals surface area contributed by atoms with Crippen LogP contribution in [0.5, 0.6) is 0 Å². The second-order valence-electron chi connectivity index (χ2n) is 17.3. The lowest BCUT2D eigenvalue weighted by atomic mass is 9.92. The van der Waals surface area contributed by atoms with Crippen LogP contribution in [0, 0.1) is 11.8 Å². The molecule has 0 radical (unpaired) electrons. The van der Waals surface area contributed by atoms with Crippen LogP contribution in [0.2, 0.25) is 0 Å². The van der Waals surface area contributed by atoms with E-state index in [-0.39, 0.29) is 25.4 Å². The Morgan fingerprint density at radius 1 is 0.682 bits per heavy atom. The Morgan fingerprint density at radius 2 is 1.18 bits per heavy atom. The van der Waals surface area contributed by atoms with Crippen molar-refractivity contribution in [2.24, 2.45) is 0 Å². The van der Waals surface area contributed by atoms with Crippen LogP contribution in [0.4, 0.5) is 5.82 Å². The first-order valence-electron chi connectivity index (χ1n) is 22.0. The highest BCUT2D eigenvalue weighted by Crippen LogP contribution is 2.38. The summed E-state index contributed by atoms with van der Waals surface area (Å²) in [6.45, 7) is 1.78. The van der Waals surface area contributed by atoms with Crippen molar-refractivity contribution in [1.82, 2.24) is 44.4 Å². The number of nitrogen functional groups attached to an aromatic ring is 1. The fourth-order valence-electron chi connectivity index (χ4n) is 9.90. The molecule has 0 saturated carbocycles. The molecule has 14 nitrogen and oxygen atoms in total. The first-order chi connectivity index (χ1) is 32.3. The van der Waals surface area contributed by atoms with Crippen molar-refractivity contribution < 1.29 is 14.9 Å². The Labute approximate surface area is 376 Å². The molecule has 324 valence electrons. The fraction of sp³-hybridized carbons (Fsp3) is 0.192. The van der Waals surface area contributed by atoms with E-state index in [0.717, 1.165) is 22.5 Å². The van der Waals surface area contributed by atoms with Crippen LogP contribution >= 0.6 is 0 Å². The highest BCUT2D eigenvalue weighted by Gasteiger charge is 2.35. The summed E-state index contributed by atoms with van der Waals surface area (Å²) in [6, 6.07) is 39.1. The molecule has 1 aliphatic rings. The molecule has 0 unspecified atom stereocenters. The topological polar surface area (TPSA) is 175 Å². The largest absolute Gasteiger partial charge is 0.394 e. The van der Waals surface area contributed by atoms with E-state index in [0.29, 0.717) is 31.7 Å². The average molecular weight is 871 g/mol. The summed E-state index contributed by atoms with van der Waals surface area (Å²) in [5.41, 5.74) is 9.71. The van der Waals surface area contributed by atoms with Gasteiger partial charge in [0.05, 0.1) is 61.7 Å². The number of aliphatic hydroxyl groups excluding tert-OH is 2. The first kappa shape index (κ1) is 39.8. The Balaban J connectivity index is 0.827. The van der Waals surface area contributed by atoms with Crippen molar-refractivity contribution >= 4 is 70.5 Å². The molecule has 0 spiro atoms. The molecule has 3 aromatic heterocycles. The van der Waals surface area contributed by atoms with Crippen molar-refractivity contribution in [3.63, 3.8) is 0 Å². The molecule has 3 atom stereocenters. The zero-order valence-electron chi connectivity index (χ0n) is 35.6. The molecule has 0 bridgehead atoms. The van der Waals surface area contributed by atoms with Crippen molar-refractivity contribution in [3.05, 3.63) is 166 Å². The molecule has 4 N–H and O–H groups in total. The van der Waals surface area contributed by atoms with Gasteiger partial charge in [0.15, 0.2) is 0 Å². The first-order valence-corrected chi connectivity index (χ1v) is 22.0. The third-order valence-corrected chi connectivity index (χ3v) is 13.0. The highest BCUT2D eigenvalue weighted by atomic mass is 16.5. The molecular formula is C52H42N10O4. The quantitative estimate of drug-likeness (QED) is 0.0945. The summed E-state index contributed by atoms with van der Waals surface area (Å²) in [4.78, 5) is 18.9. The van der Waals surface area contributed by atoms with Gasteiger partial charge in [-0.25, -0.2) is 14.2 Å². The van der Waals surface area contributed by atoms with E-state index < -0.39 is 24.1 Å². The second-order valence-corrected chi connectivity index (χ2v) is 17.3. The monoisotopic (exact) mass is 870 g/mol. The van der Waals surface area contributed by atoms with Crippen molar-refractivity contribution in [1.29, 1.82) is 0 Å². The van der Waals surface area contributed by atoms with Gasteiger partial charge in [-0.2, -0.15) is 4.98 Å². The maximum Gasteiger partial charge on any atom is 0.351 e. The molecule has 66 heavy (non-hydrogen) atoms. The summed E-state index contributed by atoms with van der Waals surface area (Å²) in [7, 11) is 0. The molecule has 8 aromatic carbocycles. The number of aromatic nitrogens is 8. The van der Waals surface area contributed by atoms with E-state index in [1.54, 1.807) is 0 Å². The summed E-state index contributed by atoms with van der Waals surface area (Å²) in [5.74, 6) is 6.32. The van der Waals surface area contributed by atoms with Gasteiger partial charge in [-0.1, -0.05) is 131 Å². The maximum absolute atomic E-state index is 12.9. The van der Waals surface area contributed by atoms with Crippen LogP contribution in [0.1, 0.15) is 40.7 Å². The minimum Gasteiger partial charge on any atom is -0.394 e. The minimum atomic E-state index is -0.926. The van der Waals surface area contributed by atoms with Gasteiger partial charge in [-0.05, 0) is 75.8 Å². The molecule has 14 heteroatoms. The Kier molecular flexibility index (Phi) is 9.65. The zero-order valence-corrected chi connectivity index (χ0v) is 35.6. The molecule has 0 aliphatic carbocycles. The summed E-state index contributed by atoms with van der Waals surface area (Å²) in [6.07, 6.45) is 3.00. The number of hydrogen-bond acceptors (Lipinski definition) is 11. The van der Waals surface area contributed by atoms with Crippen molar-refractivity contribution in [2.75, 3.05) is 18.9 Å². The lowest BCUT2D eigenvalue weighted by Gasteiger charge is -2.17. The second kappa shape index (κ2) is 16.0. The molecular weight excluding hydrogens is 829 g/mol.